The molecule has 108 valence electrons. The van der Waals surface area contributed by atoms with Crippen molar-refractivity contribution in [3.05, 3.63) is 36.0 Å². The minimum absolute atomic E-state index is 0.488. The van der Waals surface area contributed by atoms with Crippen LogP contribution in [0.25, 0.3) is 10.9 Å². The van der Waals surface area contributed by atoms with Gasteiger partial charge in [-0.3, -0.25) is 0 Å². The Morgan fingerprint density at radius 1 is 1.25 bits per heavy atom. The van der Waals surface area contributed by atoms with Crippen molar-refractivity contribution in [2.24, 2.45) is 5.92 Å². The van der Waals surface area contributed by atoms with E-state index >= 15 is 0 Å². The number of nitrogens with zero attached hydrogens (tertiary/aromatic N) is 1. The first-order valence-electron chi connectivity index (χ1n) is 7.40. The van der Waals surface area contributed by atoms with Crippen LogP contribution < -0.4 is 10.1 Å². The molecule has 0 saturated carbocycles. The van der Waals surface area contributed by atoms with Crippen LogP contribution in [0.2, 0.25) is 0 Å². The lowest BCUT2D eigenvalue weighted by molar-refractivity contribution is 0.258. The van der Waals surface area contributed by atoms with Crippen molar-refractivity contribution < 1.29 is 4.74 Å². The maximum Gasteiger partial charge on any atom is 0.145 e. The summed E-state index contributed by atoms with van der Waals surface area (Å²) in [6.07, 6.45) is 1.17. The lowest BCUT2D eigenvalue weighted by Gasteiger charge is -2.14. The summed E-state index contributed by atoms with van der Waals surface area (Å²) in [6.45, 7) is 9.16. The summed E-state index contributed by atoms with van der Waals surface area (Å²) < 4.78 is 5.96. The molecule has 2 rings (SSSR count). The van der Waals surface area contributed by atoms with Gasteiger partial charge in [0.05, 0.1) is 6.61 Å². The van der Waals surface area contributed by atoms with Crippen molar-refractivity contribution in [1.82, 2.24) is 10.3 Å². The highest BCUT2D eigenvalue weighted by Gasteiger charge is 2.07. The largest absolute Gasteiger partial charge is 0.491 e. The van der Waals surface area contributed by atoms with E-state index in [1.54, 1.807) is 0 Å². The fraction of sp³-hybridized carbons (Fsp3) is 0.471. The Morgan fingerprint density at radius 3 is 2.90 bits per heavy atom. The average molecular weight is 272 g/mol. The monoisotopic (exact) mass is 272 g/mol. The minimum atomic E-state index is 0.488. The number of benzene rings is 1. The molecule has 0 aliphatic heterocycles. The molecule has 1 heterocycles. The second-order valence-electron chi connectivity index (χ2n) is 5.40. The Bertz CT molecular complexity index is 554. The molecule has 1 aromatic heterocycles. The molecule has 0 saturated heterocycles. The topological polar surface area (TPSA) is 34.1 Å². The highest BCUT2D eigenvalue weighted by molar-refractivity contribution is 5.84. The summed E-state index contributed by atoms with van der Waals surface area (Å²) in [7, 11) is 0. The van der Waals surface area contributed by atoms with E-state index in [1.807, 2.05) is 25.1 Å². The molecule has 0 spiro atoms. The van der Waals surface area contributed by atoms with Crippen LogP contribution in [0.5, 0.6) is 5.75 Å². The summed E-state index contributed by atoms with van der Waals surface area (Å²) in [5.74, 6) is 1.37. The standard InChI is InChI=1S/C17H24N2O/c1-4-10-18-11-13(2)12-20-16-7-5-6-15-9-8-14(3)19-17(15)16/h5-9,13,18H,4,10-12H2,1-3H3. The molecule has 0 aliphatic rings. The SMILES string of the molecule is CCCNCC(C)COc1cccc2ccc(C)nc12. The number of ether oxygens (including phenoxy) is 1. The first-order chi connectivity index (χ1) is 9.70. The third-order valence-electron chi connectivity index (χ3n) is 3.27. The molecule has 0 radical (unpaired) electrons. The lowest BCUT2D eigenvalue weighted by atomic mass is 10.2. The van der Waals surface area contributed by atoms with E-state index in [0.29, 0.717) is 12.5 Å². The number of aromatic nitrogens is 1. The Kier molecular flexibility index (Phi) is 5.36. The molecular formula is C17H24N2O. The highest BCUT2D eigenvalue weighted by atomic mass is 16.5. The van der Waals surface area contributed by atoms with E-state index in [1.165, 1.54) is 6.42 Å². The van der Waals surface area contributed by atoms with E-state index in [0.717, 1.165) is 35.4 Å². The van der Waals surface area contributed by atoms with Crippen molar-refractivity contribution in [2.45, 2.75) is 27.2 Å². The number of hydrogen-bond donors (Lipinski definition) is 1. The van der Waals surface area contributed by atoms with Crippen molar-refractivity contribution in [3.8, 4) is 5.75 Å². The van der Waals surface area contributed by atoms with E-state index < -0.39 is 0 Å². The third kappa shape index (κ3) is 3.94. The Hall–Kier alpha value is -1.61. The van der Waals surface area contributed by atoms with Gasteiger partial charge in [0.25, 0.3) is 0 Å². The van der Waals surface area contributed by atoms with Crippen molar-refractivity contribution in [3.63, 3.8) is 0 Å². The van der Waals surface area contributed by atoms with Crippen LogP contribution in [0.15, 0.2) is 30.3 Å². The second kappa shape index (κ2) is 7.25. The number of nitrogens with one attached hydrogen (secondary N) is 1. The van der Waals surface area contributed by atoms with E-state index in [9.17, 15) is 0 Å². The van der Waals surface area contributed by atoms with Gasteiger partial charge in [0, 0.05) is 23.5 Å². The van der Waals surface area contributed by atoms with Crippen LogP contribution in [0, 0.1) is 12.8 Å². The fourth-order valence-electron chi connectivity index (χ4n) is 2.15. The second-order valence-corrected chi connectivity index (χ2v) is 5.40. The van der Waals surface area contributed by atoms with Crippen LogP contribution >= 0.6 is 0 Å². The van der Waals surface area contributed by atoms with Crippen LogP contribution in [0.4, 0.5) is 0 Å². The van der Waals surface area contributed by atoms with Gasteiger partial charge in [0.1, 0.15) is 11.3 Å². The summed E-state index contributed by atoms with van der Waals surface area (Å²) in [5.41, 5.74) is 1.98. The number of rotatable bonds is 7. The molecule has 0 amide bonds. The Morgan fingerprint density at radius 2 is 2.10 bits per heavy atom. The van der Waals surface area contributed by atoms with Crippen LogP contribution in [-0.2, 0) is 0 Å². The molecule has 2 aromatic rings. The third-order valence-corrected chi connectivity index (χ3v) is 3.27. The number of hydrogen-bond acceptors (Lipinski definition) is 3. The van der Waals surface area contributed by atoms with Gasteiger partial charge in [-0.15, -0.1) is 0 Å². The zero-order chi connectivity index (χ0) is 14.4. The first-order valence-corrected chi connectivity index (χ1v) is 7.40. The maximum atomic E-state index is 5.96. The van der Waals surface area contributed by atoms with Crippen LogP contribution in [0.1, 0.15) is 26.0 Å². The summed E-state index contributed by atoms with van der Waals surface area (Å²) >= 11 is 0. The molecule has 1 unspecified atom stereocenters. The maximum absolute atomic E-state index is 5.96. The predicted molar refractivity (Wildman–Crippen MR) is 84.3 cm³/mol. The molecule has 20 heavy (non-hydrogen) atoms. The van der Waals surface area contributed by atoms with Gasteiger partial charge in [-0.2, -0.15) is 0 Å². The summed E-state index contributed by atoms with van der Waals surface area (Å²) in [6, 6.07) is 10.2. The Balaban J connectivity index is 2.00. The first kappa shape index (κ1) is 14.8. The highest BCUT2D eigenvalue weighted by Crippen LogP contribution is 2.24. The van der Waals surface area contributed by atoms with Gasteiger partial charge >= 0.3 is 0 Å². The van der Waals surface area contributed by atoms with Crippen LogP contribution in [0.3, 0.4) is 0 Å². The lowest BCUT2D eigenvalue weighted by Crippen LogP contribution is -2.25. The average Bonchev–Trinajstić information content (AvgIpc) is 2.45. The van der Waals surface area contributed by atoms with E-state index in [-0.39, 0.29) is 0 Å². The van der Waals surface area contributed by atoms with Gasteiger partial charge in [-0.1, -0.05) is 32.0 Å². The molecule has 3 nitrogen and oxygen atoms in total. The summed E-state index contributed by atoms with van der Waals surface area (Å²) in [4.78, 5) is 4.59. The quantitative estimate of drug-likeness (QED) is 0.783. The summed E-state index contributed by atoms with van der Waals surface area (Å²) in [5, 5.41) is 4.55. The molecule has 0 fully saturated rings. The van der Waals surface area contributed by atoms with Crippen molar-refractivity contribution in [2.75, 3.05) is 19.7 Å². The zero-order valence-corrected chi connectivity index (χ0v) is 12.6. The molecule has 0 bridgehead atoms. The van der Waals surface area contributed by atoms with Crippen molar-refractivity contribution >= 4 is 10.9 Å². The van der Waals surface area contributed by atoms with Crippen LogP contribution in [-0.4, -0.2) is 24.7 Å². The minimum Gasteiger partial charge on any atom is -0.491 e. The van der Waals surface area contributed by atoms with Gasteiger partial charge < -0.3 is 10.1 Å². The number of aryl methyl sites for hydroxylation is 1. The Labute approximate surface area is 121 Å². The molecule has 3 heteroatoms. The molecular weight excluding hydrogens is 248 g/mol. The zero-order valence-electron chi connectivity index (χ0n) is 12.6. The van der Waals surface area contributed by atoms with Gasteiger partial charge in [0.15, 0.2) is 0 Å². The molecule has 0 aliphatic carbocycles. The number of para-hydroxylation sites is 1. The number of fused-ring (bicyclic) bond motifs is 1. The smallest absolute Gasteiger partial charge is 0.145 e. The predicted octanol–water partition coefficient (Wildman–Crippen LogP) is 3.56. The molecule has 1 atom stereocenters. The van der Waals surface area contributed by atoms with Gasteiger partial charge in [0.2, 0.25) is 0 Å². The number of pyridine rings is 1. The molecule has 1 aromatic carbocycles. The van der Waals surface area contributed by atoms with Gasteiger partial charge in [-0.25, -0.2) is 4.98 Å². The molecule has 1 N–H and O–H groups in total. The van der Waals surface area contributed by atoms with Gasteiger partial charge in [-0.05, 0) is 32.0 Å². The van der Waals surface area contributed by atoms with E-state index in [4.69, 9.17) is 4.74 Å². The fourth-order valence-corrected chi connectivity index (χ4v) is 2.15. The normalized spacial score (nSPS) is 12.6. The van der Waals surface area contributed by atoms with Crippen molar-refractivity contribution in [1.29, 1.82) is 0 Å². The van der Waals surface area contributed by atoms with E-state index in [2.05, 4.69) is 36.3 Å².